The quantitative estimate of drug-likeness (QED) is 0.343. The van der Waals surface area contributed by atoms with E-state index in [4.69, 9.17) is 92.8 Å². The number of hydrogen-bond acceptors (Lipinski definition) is 2. The minimum Gasteiger partial charge on any atom is -0.246 e. The summed E-state index contributed by atoms with van der Waals surface area (Å²) < 4.78 is -4.54. The van der Waals surface area contributed by atoms with Crippen molar-refractivity contribution in [3.05, 3.63) is 11.4 Å². The molecule has 1 aromatic rings. The lowest BCUT2D eigenvalue weighted by Crippen LogP contribution is -2.33. The van der Waals surface area contributed by atoms with Crippen LogP contribution in [0.1, 0.15) is 44.0 Å². The fourth-order valence-corrected chi connectivity index (χ4v) is 2.82. The van der Waals surface area contributed by atoms with Crippen LogP contribution in [0.2, 0.25) is 0 Å². The molecule has 1 rings (SSSR count). The van der Waals surface area contributed by atoms with Crippen LogP contribution in [0.4, 0.5) is 0 Å². The highest BCUT2D eigenvalue weighted by Gasteiger charge is 2.53. The third-order valence-electron chi connectivity index (χ3n) is 2.88. The molecular weight excluding hydrogens is 458 g/mol. The molecule has 128 valence electrons. The van der Waals surface area contributed by atoms with Gasteiger partial charge in [-0.1, -0.05) is 124 Å². The van der Waals surface area contributed by atoms with Crippen molar-refractivity contribution in [3.8, 4) is 0 Å². The Kier molecular flexibility index (Phi) is 8.04. The first-order valence-electron chi connectivity index (χ1n) is 6.38. The first-order valence-corrected chi connectivity index (χ1v) is 9.41. The van der Waals surface area contributed by atoms with Gasteiger partial charge in [0, 0.05) is 6.54 Å². The van der Waals surface area contributed by atoms with Gasteiger partial charge in [0.15, 0.2) is 0 Å². The van der Waals surface area contributed by atoms with Gasteiger partial charge < -0.3 is 0 Å². The minimum absolute atomic E-state index is 0.0623. The zero-order valence-corrected chi connectivity index (χ0v) is 17.4. The Morgan fingerprint density at radius 3 is 1.95 bits per heavy atom. The van der Waals surface area contributed by atoms with Crippen molar-refractivity contribution in [1.29, 1.82) is 0 Å². The maximum atomic E-state index is 6.23. The number of hydrogen-bond donors (Lipinski definition) is 0. The summed E-state index contributed by atoms with van der Waals surface area (Å²) in [6, 6.07) is 0. The van der Waals surface area contributed by atoms with Crippen LogP contribution in [-0.2, 0) is 14.7 Å². The van der Waals surface area contributed by atoms with E-state index in [0.717, 1.165) is 25.7 Å². The smallest absolute Gasteiger partial charge is 0.236 e. The molecule has 1 heterocycles. The Labute approximate surface area is 169 Å². The molecule has 22 heavy (non-hydrogen) atoms. The fraction of sp³-hybridized carbons (Fsp3) is 0.818. The van der Waals surface area contributed by atoms with Gasteiger partial charge in [0.05, 0.1) is 0 Å². The number of halogens is 8. The number of aromatic nitrogens is 3. The van der Waals surface area contributed by atoms with E-state index in [1.165, 1.54) is 4.68 Å². The normalized spacial score (nSPS) is 13.7. The lowest BCUT2D eigenvalue weighted by molar-refractivity contribution is 0.504. The van der Waals surface area contributed by atoms with Crippen LogP contribution in [0, 0.1) is 0 Å². The minimum atomic E-state index is -2.07. The van der Waals surface area contributed by atoms with Gasteiger partial charge >= 0.3 is 0 Å². The number of aryl methyl sites for hydroxylation is 1. The number of unbranched alkanes of at least 4 members (excludes halogenated alkanes) is 3. The SMILES string of the molecule is CCCCCCn1nnc(C(Cl)(Cl)Cl)c1C(Cl)(Cl)C(Cl)(Cl)Cl. The van der Waals surface area contributed by atoms with Crippen molar-refractivity contribution in [3.63, 3.8) is 0 Å². The van der Waals surface area contributed by atoms with E-state index in [9.17, 15) is 0 Å². The largest absolute Gasteiger partial charge is 0.246 e. The van der Waals surface area contributed by atoms with Crippen LogP contribution < -0.4 is 0 Å². The van der Waals surface area contributed by atoms with Gasteiger partial charge in [0.1, 0.15) is 11.4 Å². The highest BCUT2D eigenvalue weighted by molar-refractivity contribution is 6.75. The molecule has 0 saturated heterocycles. The van der Waals surface area contributed by atoms with Crippen molar-refractivity contribution >= 4 is 92.8 Å². The molecule has 0 fully saturated rings. The fourth-order valence-electron chi connectivity index (χ4n) is 1.79. The summed E-state index contributed by atoms with van der Waals surface area (Å²) in [7, 11) is 0. The molecule has 3 nitrogen and oxygen atoms in total. The summed E-state index contributed by atoms with van der Waals surface area (Å²) in [6.45, 7) is 2.57. The lowest BCUT2D eigenvalue weighted by atomic mass is 10.2. The third kappa shape index (κ3) is 5.23. The zero-order chi connectivity index (χ0) is 17.2. The maximum Gasteiger partial charge on any atom is 0.236 e. The number of rotatable bonds is 6. The van der Waals surface area contributed by atoms with Crippen LogP contribution in [0.5, 0.6) is 0 Å². The van der Waals surface area contributed by atoms with Gasteiger partial charge in [-0.25, -0.2) is 4.68 Å². The van der Waals surface area contributed by atoms with E-state index in [-0.39, 0.29) is 11.4 Å². The molecule has 0 aromatic carbocycles. The predicted octanol–water partition coefficient (Wildman–Crippen LogP) is 6.69. The van der Waals surface area contributed by atoms with Gasteiger partial charge in [-0.3, -0.25) is 0 Å². The molecule has 1 aromatic heterocycles. The van der Waals surface area contributed by atoms with Gasteiger partial charge in [0.2, 0.25) is 11.9 Å². The van der Waals surface area contributed by atoms with Gasteiger partial charge in [-0.2, -0.15) is 0 Å². The topological polar surface area (TPSA) is 30.7 Å². The second-order valence-electron chi connectivity index (χ2n) is 4.64. The van der Waals surface area contributed by atoms with E-state index < -0.39 is 11.9 Å². The van der Waals surface area contributed by atoms with Crippen LogP contribution in [0.15, 0.2) is 0 Å². The van der Waals surface area contributed by atoms with Crippen LogP contribution in [0.25, 0.3) is 0 Å². The molecule has 0 N–H and O–H groups in total. The molecule has 0 aliphatic rings. The predicted molar refractivity (Wildman–Crippen MR) is 97.1 cm³/mol. The van der Waals surface area contributed by atoms with Crippen LogP contribution in [0.3, 0.4) is 0 Å². The Bertz CT molecular complexity index is 489. The van der Waals surface area contributed by atoms with Gasteiger partial charge in [0.25, 0.3) is 0 Å². The van der Waals surface area contributed by atoms with Crippen molar-refractivity contribution in [2.24, 2.45) is 0 Å². The lowest BCUT2D eigenvalue weighted by Gasteiger charge is -2.29. The standard InChI is InChI=1S/C11H13Cl8N3/c1-2-3-4-5-6-22-8(9(12,13)11(17,18)19)7(20-21-22)10(14,15)16/h2-6H2,1H3. The first kappa shape index (κ1) is 21.5. The second kappa shape index (κ2) is 8.23. The van der Waals surface area contributed by atoms with Crippen molar-refractivity contribution in [1.82, 2.24) is 15.0 Å². The van der Waals surface area contributed by atoms with Crippen LogP contribution in [-0.4, -0.2) is 18.8 Å². The Morgan fingerprint density at radius 1 is 0.909 bits per heavy atom. The molecule has 0 aliphatic carbocycles. The monoisotopic (exact) mass is 467 g/mol. The van der Waals surface area contributed by atoms with Crippen molar-refractivity contribution < 1.29 is 0 Å². The van der Waals surface area contributed by atoms with E-state index in [0.29, 0.717) is 6.54 Å². The highest BCUT2D eigenvalue weighted by Crippen LogP contribution is 2.55. The molecule has 0 bridgehead atoms. The molecule has 0 atom stereocenters. The number of alkyl halides is 8. The van der Waals surface area contributed by atoms with Gasteiger partial charge in [-0.15, -0.1) is 5.10 Å². The Morgan fingerprint density at radius 2 is 1.50 bits per heavy atom. The average molecular weight is 471 g/mol. The van der Waals surface area contributed by atoms with Crippen molar-refractivity contribution in [2.45, 2.75) is 51.1 Å². The summed E-state index contributed by atoms with van der Waals surface area (Å²) >= 11 is 47.7. The van der Waals surface area contributed by atoms with E-state index in [2.05, 4.69) is 17.2 Å². The molecule has 0 aliphatic heterocycles. The first-order chi connectivity index (χ1) is 9.93. The second-order valence-corrected chi connectivity index (χ2v) is 10.5. The maximum absolute atomic E-state index is 6.23. The van der Waals surface area contributed by atoms with Gasteiger partial charge in [-0.05, 0) is 6.42 Å². The van der Waals surface area contributed by atoms with Crippen LogP contribution >= 0.6 is 92.8 Å². The summed E-state index contributed by atoms with van der Waals surface area (Å²) in [5.41, 5.74) is -0.00310. The summed E-state index contributed by atoms with van der Waals surface area (Å²) in [5.74, 6) is 0. The summed E-state index contributed by atoms with van der Waals surface area (Å²) in [5, 5.41) is 7.77. The summed E-state index contributed by atoms with van der Waals surface area (Å²) in [6.07, 6.45) is 3.98. The molecular formula is C11H13Cl8N3. The highest BCUT2D eigenvalue weighted by atomic mass is 35.6. The Balaban J connectivity index is 3.22. The molecule has 0 unspecified atom stereocenters. The summed E-state index contributed by atoms with van der Waals surface area (Å²) in [4.78, 5) is 0. The number of nitrogens with zero attached hydrogens (tertiary/aromatic N) is 3. The zero-order valence-electron chi connectivity index (χ0n) is 11.4. The molecule has 11 heteroatoms. The van der Waals surface area contributed by atoms with E-state index in [1.807, 2.05) is 0 Å². The van der Waals surface area contributed by atoms with E-state index >= 15 is 0 Å². The average Bonchev–Trinajstić information content (AvgIpc) is 2.77. The third-order valence-corrected chi connectivity index (χ3v) is 5.77. The molecule has 0 saturated carbocycles. The Hall–Kier alpha value is 1.46. The van der Waals surface area contributed by atoms with Crippen molar-refractivity contribution in [2.75, 3.05) is 0 Å². The molecule has 0 radical (unpaired) electrons. The van der Waals surface area contributed by atoms with E-state index in [1.54, 1.807) is 0 Å². The molecule has 0 amide bonds. The molecule has 0 spiro atoms.